The Bertz CT molecular complexity index is 665. The van der Waals surface area contributed by atoms with Gasteiger partial charge in [-0.1, -0.05) is 30.3 Å². The maximum Gasteiger partial charge on any atom is 0.303 e. The monoisotopic (exact) mass is 301 g/mol. The molecule has 1 amide bonds. The number of amides is 1. The summed E-state index contributed by atoms with van der Waals surface area (Å²) in [4.78, 5) is 23.2. The summed E-state index contributed by atoms with van der Waals surface area (Å²) in [6, 6.07) is 11.0. The van der Waals surface area contributed by atoms with E-state index < -0.39 is 5.97 Å². The fraction of sp³-hybridized carbons (Fsp3) is 0.312. The summed E-state index contributed by atoms with van der Waals surface area (Å²) >= 11 is 0. The molecule has 0 spiro atoms. The van der Waals surface area contributed by atoms with E-state index in [9.17, 15) is 9.59 Å². The number of aliphatic carboxylic acids is 1. The molecule has 0 aliphatic rings. The van der Waals surface area contributed by atoms with Crippen molar-refractivity contribution in [3.8, 4) is 0 Å². The molecule has 0 saturated carbocycles. The maximum absolute atomic E-state index is 12.2. The molecule has 0 fully saturated rings. The zero-order chi connectivity index (χ0) is 16.1. The minimum absolute atomic E-state index is 0.0815. The first-order valence-corrected chi connectivity index (χ1v) is 7.03. The molecular weight excluding hydrogens is 282 g/mol. The van der Waals surface area contributed by atoms with Gasteiger partial charge in [0.25, 0.3) is 0 Å². The lowest BCUT2D eigenvalue weighted by atomic mass is 9.92. The first-order valence-electron chi connectivity index (χ1n) is 7.03. The van der Waals surface area contributed by atoms with Crippen molar-refractivity contribution in [1.29, 1.82) is 0 Å². The normalized spacial score (nSPS) is 11.9. The van der Waals surface area contributed by atoms with Gasteiger partial charge in [-0.3, -0.25) is 14.3 Å². The van der Waals surface area contributed by atoms with Crippen molar-refractivity contribution in [2.75, 3.05) is 5.32 Å². The van der Waals surface area contributed by atoms with Gasteiger partial charge >= 0.3 is 5.97 Å². The van der Waals surface area contributed by atoms with Gasteiger partial charge < -0.3 is 10.4 Å². The van der Waals surface area contributed by atoms with Gasteiger partial charge in [0.2, 0.25) is 5.91 Å². The Morgan fingerprint density at radius 3 is 2.50 bits per heavy atom. The molecule has 1 aromatic carbocycles. The van der Waals surface area contributed by atoms with Crippen molar-refractivity contribution < 1.29 is 14.7 Å². The Balaban J connectivity index is 2.08. The number of hydrogen-bond acceptors (Lipinski definition) is 3. The molecule has 6 nitrogen and oxygen atoms in total. The van der Waals surface area contributed by atoms with E-state index >= 15 is 0 Å². The smallest absolute Gasteiger partial charge is 0.303 e. The topological polar surface area (TPSA) is 84.2 Å². The van der Waals surface area contributed by atoms with Crippen LogP contribution < -0.4 is 5.32 Å². The van der Waals surface area contributed by atoms with Crippen LogP contribution in [-0.2, 0) is 16.6 Å². The fourth-order valence-electron chi connectivity index (χ4n) is 2.39. The van der Waals surface area contributed by atoms with E-state index in [0.29, 0.717) is 5.82 Å². The van der Waals surface area contributed by atoms with Crippen LogP contribution in [0.1, 0.15) is 30.0 Å². The summed E-state index contributed by atoms with van der Waals surface area (Å²) in [5.74, 6) is -0.895. The molecule has 2 rings (SSSR count). The van der Waals surface area contributed by atoms with Crippen LogP contribution in [0.5, 0.6) is 0 Å². The van der Waals surface area contributed by atoms with Crippen LogP contribution in [0.2, 0.25) is 0 Å². The van der Waals surface area contributed by atoms with E-state index in [1.807, 2.05) is 37.3 Å². The fourth-order valence-corrected chi connectivity index (χ4v) is 2.39. The minimum atomic E-state index is -0.918. The van der Waals surface area contributed by atoms with Gasteiger partial charge in [0.05, 0.1) is 12.1 Å². The number of hydrogen-bond donors (Lipinski definition) is 2. The molecule has 2 aromatic rings. The number of benzene rings is 1. The Kier molecular flexibility index (Phi) is 4.93. The molecule has 1 atom stereocenters. The number of carbonyl (C=O) groups excluding carboxylic acids is 1. The summed E-state index contributed by atoms with van der Waals surface area (Å²) in [7, 11) is 1.74. The number of carboxylic acid groups (broad SMARTS) is 1. The highest BCUT2D eigenvalue weighted by Crippen LogP contribution is 2.24. The lowest BCUT2D eigenvalue weighted by Crippen LogP contribution is -2.19. The molecule has 1 heterocycles. The predicted octanol–water partition coefficient (Wildman–Crippen LogP) is 2.32. The first-order chi connectivity index (χ1) is 10.5. The third-order valence-electron chi connectivity index (χ3n) is 3.39. The Morgan fingerprint density at radius 2 is 1.95 bits per heavy atom. The largest absolute Gasteiger partial charge is 0.481 e. The molecule has 0 aliphatic heterocycles. The van der Waals surface area contributed by atoms with E-state index in [1.165, 1.54) is 0 Å². The predicted molar refractivity (Wildman–Crippen MR) is 82.6 cm³/mol. The third kappa shape index (κ3) is 4.18. The summed E-state index contributed by atoms with van der Waals surface area (Å²) in [6.45, 7) is 1.84. The zero-order valence-electron chi connectivity index (χ0n) is 12.6. The number of nitrogens with one attached hydrogen (secondary N) is 1. The Morgan fingerprint density at radius 1 is 1.27 bits per heavy atom. The van der Waals surface area contributed by atoms with Gasteiger partial charge in [-0.15, -0.1) is 0 Å². The minimum Gasteiger partial charge on any atom is -0.481 e. The SMILES string of the molecule is Cc1cc(NC(=O)C[C@H](CC(=O)O)c2ccccc2)n(C)n1. The van der Waals surface area contributed by atoms with Crippen molar-refractivity contribution in [3.63, 3.8) is 0 Å². The number of nitrogens with zero attached hydrogens (tertiary/aromatic N) is 2. The molecule has 22 heavy (non-hydrogen) atoms. The standard InChI is InChI=1S/C16H19N3O3/c1-11-8-14(19(2)18-11)17-15(20)9-13(10-16(21)22)12-6-4-3-5-7-12/h3-8,13H,9-10H2,1-2H3,(H,17,20)(H,21,22)/t13-/m1/s1. The highest BCUT2D eigenvalue weighted by atomic mass is 16.4. The quantitative estimate of drug-likeness (QED) is 0.857. The molecule has 0 bridgehead atoms. The maximum atomic E-state index is 12.2. The third-order valence-corrected chi connectivity index (χ3v) is 3.39. The van der Waals surface area contributed by atoms with E-state index in [4.69, 9.17) is 5.11 Å². The van der Waals surface area contributed by atoms with Gasteiger partial charge in [0.15, 0.2) is 0 Å². The Hall–Kier alpha value is -2.63. The first kappa shape index (κ1) is 15.8. The molecular formula is C16H19N3O3. The highest BCUT2D eigenvalue weighted by molar-refractivity contribution is 5.90. The van der Waals surface area contributed by atoms with Gasteiger partial charge in [-0.05, 0) is 12.5 Å². The molecule has 116 valence electrons. The van der Waals surface area contributed by atoms with Gasteiger partial charge in [-0.25, -0.2) is 0 Å². The van der Waals surface area contributed by atoms with E-state index in [0.717, 1.165) is 11.3 Å². The summed E-state index contributed by atoms with van der Waals surface area (Å²) < 4.78 is 1.59. The number of carboxylic acids is 1. The highest BCUT2D eigenvalue weighted by Gasteiger charge is 2.20. The van der Waals surface area contributed by atoms with Gasteiger partial charge in [-0.2, -0.15) is 5.10 Å². The van der Waals surface area contributed by atoms with E-state index in [2.05, 4.69) is 10.4 Å². The van der Waals surface area contributed by atoms with Crippen molar-refractivity contribution in [2.24, 2.45) is 7.05 Å². The van der Waals surface area contributed by atoms with Crippen molar-refractivity contribution >= 4 is 17.7 Å². The van der Waals surface area contributed by atoms with E-state index in [1.54, 1.807) is 17.8 Å². The van der Waals surface area contributed by atoms with Crippen molar-refractivity contribution in [3.05, 3.63) is 47.7 Å². The summed E-state index contributed by atoms with van der Waals surface area (Å²) in [6.07, 6.45) is 0.0301. The van der Waals surface area contributed by atoms with Crippen LogP contribution in [0, 0.1) is 6.92 Å². The van der Waals surface area contributed by atoms with Crippen LogP contribution >= 0.6 is 0 Å². The molecule has 0 unspecified atom stereocenters. The molecule has 0 radical (unpaired) electrons. The lowest BCUT2D eigenvalue weighted by molar-refractivity contribution is -0.137. The van der Waals surface area contributed by atoms with Gasteiger partial charge in [0.1, 0.15) is 5.82 Å². The van der Waals surface area contributed by atoms with Crippen LogP contribution in [0.25, 0.3) is 0 Å². The zero-order valence-corrected chi connectivity index (χ0v) is 12.6. The molecule has 1 aromatic heterocycles. The van der Waals surface area contributed by atoms with E-state index in [-0.39, 0.29) is 24.7 Å². The van der Waals surface area contributed by atoms with Crippen LogP contribution in [0.4, 0.5) is 5.82 Å². The molecule has 2 N–H and O–H groups in total. The van der Waals surface area contributed by atoms with Crippen molar-refractivity contribution in [1.82, 2.24) is 9.78 Å². The average Bonchev–Trinajstić information content (AvgIpc) is 2.76. The average molecular weight is 301 g/mol. The second-order valence-corrected chi connectivity index (χ2v) is 5.25. The molecule has 6 heteroatoms. The molecule has 0 saturated heterocycles. The summed E-state index contributed by atoms with van der Waals surface area (Å²) in [5, 5.41) is 16.0. The second-order valence-electron chi connectivity index (χ2n) is 5.25. The Labute approximate surface area is 128 Å². The number of rotatable bonds is 6. The van der Waals surface area contributed by atoms with Gasteiger partial charge in [0, 0.05) is 25.5 Å². The number of aromatic nitrogens is 2. The lowest BCUT2D eigenvalue weighted by Gasteiger charge is -2.15. The van der Waals surface area contributed by atoms with Crippen molar-refractivity contribution in [2.45, 2.75) is 25.7 Å². The molecule has 0 aliphatic carbocycles. The number of carbonyl (C=O) groups is 2. The second kappa shape index (κ2) is 6.89. The van der Waals surface area contributed by atoms with Crippen LogP contribution in [0.3, 0.4) is 0 Å². The number of aryl methyl sites for hydroxylation is 2. The van der Waals surface area contributed by atoms with Crippen LogP contribution in [-0.4, -0.2) is 26.8 Å². The van der Waals surface area contributed by atoms with Crippen LogP contribution in [0.15, 0.2) is 36.4 Å². The summed E-state index contributed by atoms with van der Waals surface area (Å²) in [5.41, 5.74) is 1.66. The number of anilines is 1.